The van der Waals surface area contributed by atoms with Crippen molar-refractivity contribution >= 4 is 10.0 Å². The van der Waals surface area contributed by atoms with E-state index in [1.807, 2.05) is 6.07 Å². The molecule has 1 N–H and O–H groups in total. The van der Waals surface area contributed by atoms with Crippen molar-refractivity contribution in [1.82, 2.24) is 4.72 Å². The van der Waals surface area contributed by atoms with Gasteiger partial charge in [-0.15, -0.1) is 0 Å². The first kappa shape index (κ1) is 14.8. The Hall–Kier alpha value is -0.600. The summed E-state index contributed by atoms with van der Waals surface area (Å²) in [5, 5.41) is 8.41. The normalized spacial score (nSPS) is 27.9. The quantitative estimate of drug-likeness (QED) is 0.730. The standard InChI is InChI=1S/C14H24N2O2S/c15-9-5-2-6-10-19(17,18)16-14-11-13(14)12-7-3-1-4-8-12/h12-14,16H,1-8,10-11H2/t13-,14+/m1/s1. The van der Waals surface area contributed by atoms with Gasteiger partial charge in [-0.25, -0.2) is 13.1 Å². The minimum atomic E-state index is -3.13. The minimum absolute atomic E-state index is 0.169. The summed E-state index contributed by atoms with van der Waals surface area (Å²) >= 11 is 0. The van der Waals surface area contributed by atoms with E-state index in [1.165, 1.54) is 32.1 Å². The largest absolute Gasteiger partial charge is 0.212 e. The summed E-state index contributed by atoms with van der Waals surface area (Å²) in [6.07, 6.45) is 9.28. The Labute approximate surface area is 116 Å². The fourth-order valence-corrected chi connectivity index (χ4v) is 4.65. The molecule has 2 aliphatic carbocycles. The molecule has 0 aliphatic heterocycles. The summed E-state index contributed by atoms with van der Waals surface area (Å²) in [6.45, 7) is 0. The highest BCUT2D eigenvalue weighted by Crippen LogP contribution is 2.44. The second-order valence-corrected chi connectivity index (χ2v) is 7.83. The minimum Gasteiger partial charge on any atom is -0.212 e. The summed E-state index contributed by atoms with van der Waals surface area (Å²) in [4.78, 5) is 0. The van der Waals surface area contributed by atoms with Crippen LogP contribution in [0.2, 0.25) is 0 Å². The van der Waals surface area contributed by atoms with Crippen LogP contribution in [0.15, 0.2) is 0 Å². The molecule has 0 bridgehead atoms. The molecule has 4 nitrogen and oxygen atoms in total. The third-order valence-electron chi connectivity index (χ3n) is 4.38. The van der Waals surface area contributed by atoms with E-state index in [9.17, 15) is 8.42 Å². The predicted octanol–water partition coefficient (Wildman–Crippen LogP) is 2.57. The van der Waals surface area contributed by atoms with Gasteiger partial charge in [0.05, 0.1) is 11.8 Å². The van der Waals surface area contributed by atoms with E-state index in [0.29, 0.717) is 25.2 Å². The second-order valence-electron chi connectivity index (χ2n) is 5.96. The fraction of sp³-hybridized carbons (Fsp3) is 0.929. The first-order valence-electron chi connectivity index (χ1n) is 7.49. The third kappa shape index (κ3) is 4.77. The average Bonchev–Trinajstić information content (AvgIpc) is 3.14. The average molecular weight is 284 g/mol. The van der Waals surface area contributed by atoms with Crippen molar-refractivity contribution in [2.45, 2.75) is 63.8 Å². The van der Waals surface area contributed by atoms with Crippen molar-refractivity contribution < 1.29 is 8.42 Å². The van der Waals surface area contributed by atoms with Gasteiger partial charge >= 0.3 is 0 Å². The predicted molar refractivity (Wildman–Crippen MR) is 74.9 cm³/mol. The van der Waals surface area contributed by atoms with Crippen molar-refractivity contribution in [1.29, 1.82) is 5.26 Å². The van der Waals surface area contributed by atoms with Crippen LogP contribution in [0, 0.1) is 23.2 Å². The second kappa shape index (κ2) is 6.71. The first-order valence-corrected chi connectivity index (χ1v) is 9.14. The van der Waals surface area contributed by atoms with E-state index >= 15 is 0 Å². The zero-order valence-corrected chi connectivity index (χ0v) is 12.3. The topological polar surface area (TPSA) is 70.0 Å². The van der Waals surface area contributed by atoms with Crippen LogP contribution in [0.4, 0.5) is 0 Å². The number of nitriles is 1. The maximum absolute atomic E-state index is 11.9. The summed E-state index contributed by atoms with van der Waals surface area (Å²) < 4.78 is 26.6. The van der Waals surface area contributed by atoms with Crippen LogP contribution in [-0.4, -0.2) is 20.2 Å². The molecule has 0 aromatic heterocycles. The number of unbranched alkanes of at least 4 members (excludes halogenated alkanes) is 2. The summed E-state index contributed by atoms with van der Waals surface area (Å²) in [5.74, 6) is 1.51. The highest BCUT2D eigenvalue weighted by molar-refractivity contribution is 7.89. The van der Waals surface area contributed by atoms with Crippen molar-refractivity contribution in [3.05, 3.63) is 0 Å². The van der Waals surface area contributed by atoms with Crippen LogP contribution in [0.5, 0.6) is 0 Å². The van der Waals surface area contributed by atoms with Crippen LogP contribution >= 0.6 is 0 Å². The van der Waals surface area contributed by atoms with Crippen LogP contribution in [0.1, 0.15) is 57.8 Å². The smallest absolute Gasteiger partial charge is 0.211 e. The van der Waals surface area contributed by atoms with Gasteiger partial charge < -0.3 is 0 Å². The Morgan fingerprint density at radius 2 is 1.89 bits per heavy atom. The highest BCUT2D eigenvalue weighted by Gasteiger charge is 2.44. The summed E-state index contributed by atoms with van der Waals surface area (Å²) in [7, 11) is -3.13. The van der Waals surface area contributed by atoms with Crippen LogP contribution in [0.25, 0.3) is 0 Å². The zero-order chi connectivity index (χ0) is 13.7. The Bertz CT molecular complexity index is 421. The molecule has 0 unspecified atom stereocenters. The van der Waals surface area contributed by atoms with Gasteiger partial charge in [0.15, 0.2) is 0 Å². The number of rotatable bonds is 7. The molecule has 2 fully saturated rings. The van der Waals surface area contributed by atoms with Gasteiger partial charge in [-0.2, -0.15) is 5.26 Å². The van der Waals surface area contributed by atoms with Crippen molar-refractivity contribution in [3.8, 4) is 6.07 Å². The maximum Gasteiger partial charge on any atom is 0.211 e. The number of hydrogen-bond donors (Lipinski definition) is 1. The monoisotopic (exact) mass is 284 g/mol. The number of nitrogens with one attached hydrogen (secondary N) is 1. The Balaban J connectivity index is 1.68. The molecule has 108 valence electrons. The molecule has 0 saturated heterocycles. The number of sulfonamides is 1. The first-order chi connectivity index (χ1) is 9.12. The molecule has 0 aromatic rings. The summed E-state index contributed by atoms with van der Waals surface area (Å²) in [6, 6.07) is 2.24. The molecule has 0 amide bonds. The van der Waals surface area contributed by atoms with Crippen LogP contribution < -0.4 is 4.72 Å². The Morgan fingerprint density at radius 1 is 1.16 bits per heavy atom. The van der Waals surface area contributed by atoms with Gasteiger partial charge in [0.1, 0.15) is 0 Å². The molecular weight excluding hydrogens is 260 g/mol. The molecule has 0 radical (unpaired) electrons. The van der Waals surface area contributed by atoms with Gasteiger partial charge in [0.25, 0.3) is 0 Å². The third-order valence-corrected chi connectivity index (χ3v) is 5.87. The molecule has 2 aliphatic rings. The molecular formula is C14H24N2O2S. The van der Waals surface area contributed by atoms with E-state index < -0.39 is 10.0 Å². The van der Waals surface area contributed by atoms with Crippen molar-refractivity contribution in [2.24, 2.45) is 11.8 Å². The van der Waals surface area contributed by atoms with Gasteiger partial charge in [0.2, 0.25) is 10.0 Å². The van der Waals surface area contributed by atoms with Gasteiger partial charge in [-0.05, 0) is 31.1 Å². The van der Waals surface area contributed by atoms with Gasteiger partial charge in [-0.1, -0.05) is 32.1 Å². The number of hydrogen-bond acceptors (Lipinski definition) is 3. The van der Waals surface area contributed by atoms with E-state index in [-0.39, 0.29) is 11.8 Å². The molecule has 0 aromatic carbocycles. The molecule has 2 saturated carbocycles. The van der Waals surface area contributed by atoms with E-state index in [1.54, 1.807) is 0 Å². The molecule has 2 atom stereocenters. The molecule has 5 heteroatoms. The van der Waals surface area contributed by atoms with E-state index in [0.717, 1.165) is 12.3 Å². The van der Waals surface area contributed by atoms with Crippen LogP contribution in [0.3, 0.4) is 0 Å². The lowest BCUT2D eigenvalue weighted by Gasteiger charge is -2.21. The summed E-state index contributed by atoms with van der Waals surface area (Å²) in [5.41, 5.74) is 0. The highest BCUT2D eigenvalue weighted by atomic mass is 32.2. The number of nitrogens with zero attached hydrogens (tertiary/aromatic N) is 1. The van der Waals surface area contributed by atoms with Crippen molar-refractivity contribution in [2.75, 3.05) is 5.75 Å². The Kier molecular flexibility index (Phi) is 5.23. The molecule has 2 rings (SSSR count). The molecule has 19 heavy (non-hydrogen) atoms. The fourth-order valence-electron chi connectivity index (χ4n) is 3.22. The maximum atomic E-state index is 11.9. The lowest BCUT2D eigenvalue weighted by Crippen LogP contribution is -2.30. The zero-order valence-electron chi connectivity index (χ0n) is 11.5. The molecule has 0 spiro atoms. The van der Waals surface area contributed by atoms with Gasteiger partial charge in [-0.3, -0.25) is 0 Å². The lowest BCUT2D eigenvalue weighted by atomic mass is 9.86. The van der Waals surface area contributed by atoms with Crippen molar-refractivity contribution in [3.63, 3.8) is 0 Å². The SMILES string of the molecule is N#CCCCCS(=O)(=O)N[C@H]1C[C@@H]1C1CCCCC1. The van der Waals surface area contributed by atoms with Crippen LogP contribution in [-0.2, 0) is 10.0 Å². The lowest BCUT2D eigenvalue weighted by molar-refractivity contribution is 0.316. The van der Waals surface area contributed by atoms with E-state index in [4.69, 9.17) is 5.26 Å². The Morgan fingerprint density at radius 3 is 2.58 bits per heavy atom. The van der Waals surface area contributed by atoms with Gasteiger partial charge in [0, 0.05) is 12.5 Å². The molecule has 0 heterocycles. The van der Waals surface area contributed by atoms with E-state index in [2.05, 4.69) is 4.72 Å².